The van der Waals surface area contributed by atoms with Crippen LogP contribution in [0.4, 0.5) is 5.69 Å². The number of rotatable bonds is 8. The van der Waals surface area contributed by atoms with Gasteiger partial charge in [0.15, 0.2) is 11.0 Å². The van der Waals surface area contributed by atoms with Crippen molar-refractivity contribution in [2.75, 3.05) is 25.3 Å². The summed E-state index contributed by atoms with van der Waals surface area (Å²) in [5.41, 5.74) is 2.29. The number of hydrogen-bond donors (Lipinski definition) is 1. The molecule has 9 heteroatoms. The highest BCUT2D eigenvalue weighted by molar-refractivity contribution is 7.99. The normalized spacial score (nSPS) is 10.7. The van der Waals surface area contributed by atoms with Crippen LogP contribution < -0.4 is 14.8 Å². The number of anilines is 1. The Labute approximate surface area is 184 Å². The molecular formula is C21H23ClN4O3S. The van der Waals surface area contributed by atoms with Crippen molar-refractivity contribution in [2.45, 2.75) is 25.5 Å². The average Bonchev–Trinajstić information content (AvgIpc) is 3.17. The second kappa shape index (κ2) is 9.86. The second-order valence-corrected chi connectivity index (χ2v) is 7.74. The highest BCUT2D eigenvalue weighted by Crippen LogP contribution is 2.32. The fraction of sp³-hybridized carbons (Fsp3) is 0.286. The smallest absolute Gasteiger partial charge is 0.234 e. The zero-order valence-electron chi connectivity index (χ0n) is 17.2. The molecule has 1 heterocycles. The zero-order chi connectivity index (χ0) is 21.7. The molecule has 1 N–H and O–H groups in total. The number of aromatic nitrogens is 3. The summed E-state index contributed by atoms with van der Waals surface area (Å²) in [6, 6.07) is 11.1. The number of halogens is 1. The predicted octanol–water partition coefficient (Wildman–Crippen LogP) is 4.67. The third kappa shape index (κ3) is 4.71. The molecule has 0 spiro atoms. The van der Waals surface area contributed by atoms with Crippen LogP contribution in [0.25, 0.3) is 11.4 Å². The van der Waals surface area contributed by atoms with Crippen LogP contribution in [0.1, 0.15) is 12.5 Å². The van der Waals surface area contributed by atoms with Crippen molar-refractivity contribution in [3.8, 4) is 22.9 Å². The Morgan fingerprint density at radius 2 is 1.90 bits per heavy atom. The summed E-state index contributed by atoms with van der Waals surface area (Å²) in [7, 11) is 3.16. The Bertz CT molecular complexity index is 1050. The van der Waals surface area contributed by atoms with Crippen LogP contribution in [0.5, 0.6) is 11.5 Å². The van der Waals surface area contributed by atoms with Gasteiger partial charge < -0.3 is 19.4 Å². The summed E-state index contributed by atoms with van der Waals surface area (Å²) in [6.45, 7) is 4.54. The van der Waals surface area contributed by atoms with Gasteiger partial charge >= 0.3 is 0 Å². The monoisotopic (exact) mass is 446 g/mol. The van der Waals surface area contributed by atoms with Crippen LogP contribution >= 0.6 is 23.4 Å². The number of ether oxygens (including phenoxy) is 2. The molecule has 0 saturated carbocycles. The summed E-state index contributed by atoms with van der Waals surface area (Å²) in [5, 5.41) is 12.7. The minimum atomic E-state index is -0.176. The topological polar surface area (TPSA) is 78.3 Å². The van der Waals surface area contributed by atoms with E-state index < -0.39 is 0 Å². The van der Waals surface area contributed by atoms with Gasteiger partial charge in [-0.2, -0.15) is 0 Å². The number of methoxy groups -OCH3 is 2. The van der Waals surface area contributed by atoms with Gasteiger partial charge in [0.1, 0.15) is 11.5 Å². The molecule has 2 aromatic carbocycles. The van der Waals surface area contributed by atoms with Crippen LogP contribution in [0.2, 0.25) is 5.02 Å². The van der Waals surface area contributed by atoms with E-state index in [0.717, 1.165) is 16.9 Å². The molecule has 1 amide bonds. The molecule has 0 atom stereocenters. The summed E-state index contributed by atoms with van der Waals surface area (Å²) in [6.07, 6.45) is 0. The molecule has 3 aromatic rings. The van der Waals surface area contributed by atoms with Crippen LogP contribution in [-0.4, -0.2) is 40.6 Å². The molecule has 0 fully saturated rings. The van der Waals surface area contributed by atoms with E-state index in [1.54, 1.807) is 19.2 Å². The van der Waals surface area contributed by atoms with Crippen LogP contribution in [0, 0.1) is 6.92 Å². The molecule has 0 unspecified atom stereocenters. The average molecular weight is 447 g/mol. The summed E-state index contributed by atoms with van der Waals surface area (Å²) in [5.74, 6) is 1.94. The van der Waals surface area contributed by atoms with E-state index >= 15 is 0 Å². The first kappa shape index (κ1) is 22.0. The van der Waals surface area contributed by atoms with Crippen LogP contribution in [0.15, 0.2) is 41.6 Å². The zero-order valence-corrected chi connectivity index (χ0v) is 18.8. The van der Waals surface area contributed by atoms with E-state index in [1.807, 2.05) is 42.7 Å². The van der Waals surface area contributed by atoms with Gasteiger partial charge in [0, 0.05) is 17.6 Å². The van der Waals surface area contributed by atoms with Gasteiger partial charge in [-0.05, 0) is 37.6 Å². The molecule has 0 saturated heterocycles. The highest BCUT2D eigenvalue weighted by atomic mass is 35.5. The standard InChI is InChI=1S/C21H23ClN4O3S/c1-5-26-20(14-8-6-7-9-17(14)28-3)24-25-21(26)30-12-19(27)23-16-10-13(2)15(22)11-18(16)29-4/h6-11H,5,12H2,1-4H3,(H,23,27). The summed E-state index contributed by atoms with van der Waals surface area (Å²) in [4.78, 5) is 12.5. The van der Waals surface area contributed by atoms with Gasteiger partial charge in [-0.3, -0.25) is 4.79 Å². The first-order valence-corrected chi connectivity index (χ1v) is 10.7. The van der Waals surface area contributed by atoms with E-state index in [2.05, 4.69) is 15.5 Å². The Morgan fingerprint density at radius 1 is 1.17 bits per heavy atom. The van der Waals surface area contributed by atoms with Gasteiger partial charge in [0.2, 0.25) is 5.91 Å². The molecule has 0 radical (unpaired) electrons. The maximum atomic E-state index is 12.5. The number of nitrogens with one attached hydrogen (secondary N) is 1. The van der Waals surface area contributed by atoms with Crippen LogP contribution in [0.3, 0.4) is 0 Å². The number of carbonyl (C=O) groups excluding carboxylic acids is 1. The largest absolute Gasteiger partial charge is 0.496 e. The molecule has 3 rings (SSSR count). The third-order valence-corrected chi connectivity index (χ3v) is 5.84. The molecule has 1 aromatic heterocycles. The number of aryl methyl sites for hydroxylation is 1. The number of hydrogen-bond acceptors (Lipinski definition) is 6. The van der Waals surface area contributed by atoms with Gasteiger partial charge in [-0.25, -0.2) is 0 Å². The Balaban J connectivity index is 1.75. The predicted molar refractivity (Wildman–Crippen MR) is 120 cm³/mol. The molecule has 158 valence electrons. The van der Waals surface area contributed by atoms with Crippen molar-refractivity contribution >= 4 is 35.0 Å². The molecule has 30 heavy (non-hydrogen) atoms. The summed E-state index contributed by atoms with van der Waals surface area (Å²) >= 11 is 7.44. The van der Waals surface area contributed by atoms with Crippen molar-refractivity contribution in [1.82, 2.24) is 14.8 Å². The first-order valence-electron chi connectivity index (χ1n) is 9.31. The van der Waals surface area contributed by atoms with Crippen molar-refractivity contribution < 1.29 is 14.3 Å². The highest BCUT2D eigenvalue weighted by Gasteiger charge is 2.18. The summed E-state index contributed by atoms with van der Waals surface area (Å²) < 4.78 is 12.7. The van der Waals surface area contributed by atoms with Gasteiger partial charge in [0.05, 0.1) is 31.2 Å². The maximum Gasteiger partial charge on any atom is 0.234 e. The quantitative estimate of drug-likeness (QED) is 0.506. The van der Waals surface area contributed by atoms with E-state index in [9.17, 15) is 4.79 Å². The molecule has 0 aliphatic carbocycles. The number of nitrogens with zero attached hydrogens (tertiary/aromatic N) is 3. The Kier molecular flexibility index (Phi) is 7.23. The minimum absolute atomic E-state index is 0.175. The number of carbonyl (C=O) groups is 1. The molecule has 7 nitrogen and oxygen atoms in total. The minimum Gasteiger partial charge on any atom is -0.496 e. The van der Waals surface area contributed by atoms with Crippen molar-refractivity contribution in [3.63, 3.8) is 0 Å². The lowest BCUT2D eigenvalue weighted by atomic mass is 10.2. The maximum absolute atomic E-state index is 12.5. The molecule has 0 aliphatic rings. The number of para-hydroxylation sites is 1. The van der Waals surface area contributed by atoms with Crippen molar-refractivity contribution in [2.24, 2.45) is 0 Å². The lowest BCUT2D eigenvalue weighted by molar-refractivity contribution is -0.113. The molecule has 0 aliphatic heterocycles. The van der Waals surface area contributed by atoms with Crippen molar-refractivity contribution in [3.05, 3.63) is 47.0 Å². The van der Waals surface area contributed by atoms with Gasteiger partial charge in [-0.1, -0.05) is 35.5 Å². The van der Waals surface area contributed by atoms with E-state index in [4.69, 9.17) is 21.1 Å². The Hall–Kier alpha value is -2.71. The van der Waals surface area contributed by atoms with Crippen molar-refractivity contribution in [1.29, 1.82) is 0 Å². The third-order valence-electron chi connectivity index (χ3n) is 4.47. The van der Waals surface area contributed by atoms with Gasteiger partial charge in [-0.15, -0.1) is 10.2 Å². The van der Waals surface area contributed by atoms with Gasteiger partial charge in [0.25, 0.3) is 0 Å². The van der Waals surface area contributed by atoms with E-state index in [1.165, 1.54) is 18.9 Å². The second-order valence-electron chi connectivity index (χ2n) is 6.39. The first-order chi connectivity index (χ1) is 14.5. The number of benzene rings is 2. The SMILES string of the molecule is CCn1c(SCC(=O)Nc2cc(C)c(Cl)cc2OC)nnc1-c1ccccc1OC. The van der Waals surface area contributed by atoms with Crippen LogP contribution in [-0.2, 0) is 11.3 Å². The Morgan fingerprint density at radius 3 is 2.60 bits per heavy atom. The lowest BCUT2D eigenvalue weighted by Gasteiger charge is -2.12. The molecular weight excluding hydrogens is 424 g/mol. The fourth-order valence-corrected chi connectivity index (χ4v) is 3.91. The lowest BCUT2D eigenvalue weighted by Crippen LogP contribution is -2.15. The number of amides is 1. The number of thioether (sulfide) groups is 1. The van der Waals surface area contributed by atoms with E-state index in [-0.39, 0.29) is 11.7 Å². The molecule has 0 bridgehead atoms. The van der Waals surface area contributed by atoms with E-state index in [0.29, 0.717) is 34.0 Å². The fourth-order valence-electron chi connectivity index (χ4n) is 2.96.